The minimum Gasteiger partial charge on any atom is -0.495 e. The Balaban J connectivity index is 2.70. The summed E-state index contributed by atoms with van der Waals surface area (Å²) in [5.41, 5.74) is 5.81. The summed E-state index contributed by atoms with van der Waals surface area (Å²) in [6.45, 7) is 3.74. The summed E-state index contributed by atoms with van der Waals surface area (Å²) in [7, 11) is 1.46. The van der Waals surface area contributed by atoms with Gasteiger partial charge in [0, 0.05) is 17.0 Å². The largest absolute Gasteiger partial charge is 0.495 e. The van der Waals surface area contributed by atoms with Gasteiger partial charge in [-0.15, -0.1) is 11.8 Å². The number of anilines is 1. The normalized spacial score (nSPS) is 10.5. The number of nitrogens with two attached hydrogens (primary N) is 1. The monoisotopic (exact) mass is 272 g/mol. The molecule has 3 N–H and O–H groups in total. The summed E-state index contributed by atoms with van der Waals surface area (Å²) in [4.78, 5) is 11.8. The Kier molecular flexibility index (Phi) is 5.27. The number of benzene rings is 1. The maximum absolute atomic E-state index is 13.6. The SMILES string of the molecule is COc1cc(SCC(=O)NC(C)C)c(F)cc1N. The van der Waals surface area contributed by atoms with Crippen LogP contribution in [0.2, 0.25) is 0 Å². The number of thioether (sulfide) groups is 1. The Labute approximate surface area is 110 Å². The molecule has 0 radical (unpaired) electrons. The molecule has 1 aromatic carbocycles. The van der Waals surface area contributed by atoms with Crippen LogP contribution in [0.3, 0.4) is 0 Å². The van der Waals surface area contributed by atoms with E-state index in [9.17, 15) is 9.18 Å². The van der Waals surface area contributed by atoms with Crippen LogP contribution in [-0.2, 0) is 4.79 Å². The number of nitrogen functional groups attached to an aromatic ring is 1. The molecule has 1 rings (SSSR count). The minimum absolute atomic E-state index is 0.0731. The van der Waals surface area contributed by atoms with Crippen molar-refractivity contribution in [3.05, 3.63) is 17.9 Å². The molecule has 0 unspecified atom stereocenters. The smallest absolute Gasteiger partial charge is 0.230 e. The number of ether oxygens (including phenoxy) is 1. The predicted molar refractivity (Wildman–Crippen MR) is 71.4 cm³/mol. The molecule has 6 heteroatoms. The lowest BCUT2D eigenvalue weighted by atomic mass is 10.3. The second kappa shape index (κ2) is 6.49. The van der Waals surface area contributed by atoms with Crippen molar-refractivity contribution in [2.45, 2.75) is 24.8 Å². The van der Waals surface area contributed by atoms with Gasteiger partial charge in [-0.3, -0.25) is 4.79 Å². The molecular formula is C12H17FN2O2S. The average molecular weight is 272 g/mol. The lowest BCUT2D eigenvalue weighted by molar-refractivity contribution is -0.119. The summed E-state index contributed by atoms with van der Waals surface area (Å²) in [6, 6.07) is 2.77. The number of hydrogen-bond donors (Lipinski definition) is 2. The first kappa shape index (κ1) is 14.6. The second-order valence-corrected chi connectivity index (χ2v) is 5.05. The number of nitrogens with one attached hydrogen (secondary N) is 1. The van der Waals surface area contributed by atoms with Crippen LogP contribution in [0.15, 0.2) is 17.0 Å². The van der Waals surface area contributed by atoms with Crippen molar-refractivity contribution >= 4 is 23.4 Å². The average Bonchev–Trinajstić information content (AvgIpc) is 2.27. The second-order valence-electron chi connectivity index (χ2n) is 4.04. The Hall–Kier alpha value is -1.43. The van der Waals surface area contributed by atoms with E-state index < -0.39 is 5.82 Å². The molecule has 0 aromatic heterocycles. The van der Waals surface area contributed by atoms with E-state index in [1.807, 2.05) is 13.8 Å². The van der Waals surface area contributed by atoms with Gasteiger partial charge >= 0.3 is 0 Å². The highest BCUT2D eigenvalue weighted by atomic mass is 32.2. The van der Waals surface area contributed by atoms with E-state index in [2.05, 4.69) is 5.32 Å². The molecular weight excluding hydrogens is 255 g/mol. The number of rotatable bonds is 5. The van der Waals surface area contributed by atoms with Crippen molar-refractivity contribution < 1.29 is 13.9 Å². The molecule has 1 amide bonds. The molecule has 0 heterocycles. The third-order valence-corrected chi connectivity index (χ3v) is 3.12. The lowest BCUT2D eigenvalue weighted by Crippen LogP contribution is -2.31. The minimum atomic E-state index is -0.448. The molecule has 0 aliphatic heterocycles. The number of halogens is 1. The highest BCUT2D eigenvalue weighted by Gasteiger charge is 2.11. The van der Waals surface area contributed by atoms with Gasteiger partial charge in [-0.2, -0.15) is 0 Å². The van der Waals surface area contributed by atoms with Gasteiger partial charge in [0.25, 0.3) is 0 Å². The number of carbonyl (C=O) groups is 1. The highest BCUT2D eigenvalue weighted by Crippen LogP contribution is 2.31. The maximum Gasteiger partial charge on any atom is 0.230 e. The highest BCUT2D eigenvalue weighted by molar-refractivity contribution is 8.00. The number of methoxy groups -OCH3 is 1. The van der Waals surface area contributed by atoms with E-state index in [-0.39, 0.29) is 23.4 Å². The molecule has 0 saturated heterocycles. The van der Waals surface area contributed by atoms with Crippen LogP contribution in [0.1, 0.15) is 13.8 Å². The van der Waals surface area contributed by atoms with Gasteiger partial charge in [0.1, 0.15) is 11.6 Å². The van der Waals surface area contributed by atoms with Crippen molar-refractivity contribution in [2.24, 2.45) is 0 Å². The van der Waals surface area contributed by atoms with Crippen LogP contribution < -0.4 is 15.8 Å². The lowest BCUT2D eigenvalue weighted by Gasteiger charge is -2.10. The first-order valence-electron chi connectivity index (χ1n) is 5.49. The molecule has 1 aromatic rings. The van der Waals surface area contributed by atoms with Crippen molar-refractivity contribution in [2.75, 3.05) is 18.6 Å². The van der Waals surface area contributed by atoms with Crippen LogP contribution >= 0.6 is 11.8 Å². The fourth-order valence-electron chi connectivity index (χ4n) is 1.34. The van der Waals surface area contributed by atoms with Crippen LogP contribution in [-0.4, -0.2) is 24.8 Å². The topological polar surface area (TPSA) is 64.3 Å². The number of amides is 1. The third-order valence-electron chi connectivity index (χ3n) is 2.09. The molecule has 0 fully saturated rings. The molecule has 0 aliphatic carbocycles. The Morgan fingerprint density at radius 1 is 1.56 bits per heavy atom. The molecule has 0 atom stereocenters. The molecule has 0 saturated carbocycles. The Morgan fingerprint density at radius 2 is 2.22 bits per heavy atom. The van der Waals surface area contributed by atoms with Crippen molar-refractivity contribution in [3.8, 4) is 5.75 Å². The fourth-order valence-corrected chi connectivity index (χ4v) is 2.10. The zero-order chi connectivity index (χ0) is 13.7. The summed E-state index contributed by atoms with van der Waals surface area (Å²) in [6.07, 6.45) is 0. The van der Waals surface area contributed by atoms with E-state index in [0.717, 1.165) is 11.8 Å². The number of hydrogen-bond acceptors (Lipinski definition) is 4. The van der Waals surface area contributed by atoms with Crippen LogP contribution in [0.5, 0.6) is 5.75 Å². The van der Waals surface area contributed by atoms with Crippen LogP contribution in [0, 0.1) is 5.82 Å². The standard InChI is InChI=1S/C12H17FN2O2S/c1-7(2)15-12(16)6-18-11-5-10(17-3)9(14)4-8(11)13/h4-5,7H,6,14H2,1-3H3,(H,15,16). The summed E-state index contributed by atoms with van der Waals surface area (Å²) in [5, 5.41) is 2.73. The van der Waals surface area contributed by atoms with Gasteiger partial charge in [0.2, 0.25) is 5.91 Å². The molecule has 0 aliphatic rings. The van der Waals surface area contributed by atoms with Crippen molar-refractivity contribution in [3.63, 3.8) is 0 Å². The van der Waals surface area contributed by atoms with Gasteiger partial charge in [0.15, 0.2) is 0 Å². The van der Waals surface area contributed by atoms with Crippen molar-refractivity contribution in [1.29, 1.82) is 0 Å². The number of carbonyl (C=O) groups excluding carboxylic acids is 1. The van der Waals surface area contributed by atoms with Gasteiger partial charge in [-0.25, -0.2) is 4.39 Å². The molecule has 0 bridgehead atoms. The summed E-state index contributed by atoms with van der Waals surface area (Å²) in [5.74, 6) is -0.0219. The predicted octanol–water partition coefficient (Wildman–Crippen LogP) is 2.03. The van der Waals surface area contributed by atoms with E-state index >= 15 is 0 Å². The molecule has 100 valence electrons. The first-order chi connectivity index (χ1) is 8.43. The Morgan fingerprint density at radius 3 is 2.78 bits per heavy atom. The van der Waals surface area contributed by atoms with Gasteiger partial charge in [-0.05, 0) is 19.9 Å². The quantitative estimate of drug-likeness (QED) is 0.636. The van der Waals surface area contributed by atoms with Crippen LogP contribution in [0.25, 0.3) is 0 Å². The zero-order valence-corrected chi connectivity index (χ0v) is 11.4. The summed E-state index contributed by atoms with van der Waals surface area (Å²) < 4.78 is 18.6. The maximum atomic E-state index is 13.6. The summed E-state index contributed by atoms with van der Waals surface area (Å²) >= 11 is 1.11. The first-order valence-corrected chi connectivity index (χ1v) is 6.47. The zero-order valence-electron chi connectivity index (χ0n) is 10.6. The third kappa shape index (κ3) is 4.10. The molecule has 0 spiro atoms. The fraction of sp³-hybridized carbons (Fsp3) is 0.417. The molecule has 18 heavy (non-hydrogen) atoms. The van der Waals surface area contributed by atoms with Gasteiger partial charge in [0.05, 0.1) is 18.6 Å². The van der Waals surface area contributed by atoms with Gasteiger partial charge < -0.3 is 15.8 Å². The van der Waals surface area contributed by atoms with Crippen LogP contribution in [0.4, 0.5) is 10.1 Å². The van der Waals surface area contributed by atoms with E-state index in [1.54, 1.807) is 0 Å². The Bertz CT molecular complexity index is 438. The van der Waals surface area contributed by atoms with E-state index in [4.69, 9.17) is 10.5 Å². The van der Waals surface area contributed by atoms with Crippen molar-refractivity contribution in [1.82, 2.24) is 5.32 Å². The van der Waals surface area contributed by atoms with E-state index in [1.165, 1.54) is 19.2 Å². The molecule has 4 nitrogen and oxygen atoms in total. The van der Waals surface area contributed by atoms with E-state index in [0.29, 0.717) is 10.6 Å². The van der Waals surface area contributed by atoms with Gasteiger partial charge in [-0.1, -0.05) is 0 Å².